The molecule has 0 fully saturated rings. The van der Waals surface area contributed by atoms with Gasteiger partial charge in [-0.2, -0.15) is 0 Å². The molecule has 94 valence electrons. The highest BCUT2D eigenvalue weighted by Gasteiger charge is 2.18. The lowest BCUT2D eigenvalue weighted by Gasteiger charge is -2.08. The van der Waals surface area contributed by atoms with Gasteiger partial charge < -0.3 is 19.5 Å². The smallest absolute Gasteiger partial charge is 0.358 e. The molecular formula is C12H11NO5. The summed E-state index contributed by atoms with van der Waals surface area (Å²) in [5, 5.41) is 22.0. The summed E-state index contributed by atoms with van der Waals surface area (Å²) in [6.07, 6.45) is 0. The first-order valence-electron chi connectivity index (χ1n) is 5.28. The van der Waals surface area contributed by atoms with Crippen molar-refractivity contribution in [1.82, 2.24) is 5.16 Å². The number of rotatable bonds is 4. The summed E-state index contributed by atoms with van der Waals surface area (Å²) in [5.74, 6) is -0.702. The van der Waals surface area contributed by atoms with Gasteiger partial charge in [0.2, 0.25) is 0 Å². The Kier molecular flexibility index (Phi) is 3.18. The van der Waals surface area contributed by atoms with Gasteiger partial charge >= 0.3 is 5.97 Å². The molecule has 0 atom stereocenters. The highest BCUT2D eigenvalue weighted by Crippen LogP contribution is 2.37. The number of phenolic OH excluding ortho intramolecular Hbond substituents is 1. The Bertz CT molecular complexity index is 576. The lowest BCUT2D eigenvalue weighted by Crippen LogP contribution is -1.95. The van der Waals surface area contributed by atoms with E-state index in [1.54, 1.807) is 19.1 Å². The Morgan fingerprint density at radius 1 is 1.50 bits per heavy atom. The van der Waals surface area contributed by atoms with Crippen molar-refractivity contribution in [3.05, 3.63) is 30.0 Å². The zero-order chi connectivity index (χ0) is 13.1. The number of nitrogens with zero attached hydrogens (tertiary/aromatic N) is 1. The number of aromatic hydroxyl groups is 1. The van der Waals surface area contributed by atoms with Crippen molar-refractivity contribution in [2.75, 3.05) is 6.61 Å². The van der Waals surface area contributed by atoms with Crippen molar-refractivity contribution in [3.63, 3.8) is 0 Å². The third-order valence-corrected chi connectivity index (χ3v) is 2.28. The molecule has 2 aromatic rings. The monoisotopic (exact) mass is 249 g/mol. The van der Waals surface area contributed by atoms with E-state index in [1.165, 1.54) is 12.1 Å². The molecule has 0 aliphatic heterocycles. The fourth-order valence-corrected chi connectivity index (χ4v) is 1.54. The Balaban J connectivity index is 2.51. The van der Waals surface area contributed by atoms with Crippen LogP contribution < -0.4 is 4.74 Å². The molecule has 6 nitrogen and oxygen atoms in total. The Labute approximate surface area is 102 Å². The van der Waals surface area contributed by atoms with Crippen LogP contribution in [-0.2, 0) is 0 Å². The number of aromatic carboxylic acids is 1. The van der Waals surface area contributed by atoms with Crippen molar-refractivity contribution >= 4 is 5.97 Å². The van der Waals surface area contributed by atoms with E-state index in [0.29, 0.717) is 17.9 Å². The van der Waals surface area contributed by atoms with Crippen LogP contribution in [0.2, 0.25) is 0 Å². The van der Waals surface area contributed by atoms with Crippen LogP contribution in [0, 0.1) is 0 Å². The van der Waals surface area contributed by atoms with E-state index < -0.39 is 5.97 Å². The van der Waals surface area contributed by atoms with Crippen molar-refractivity contribution in [2.45, 2.75) is 6.92 Å². The third-order valence-electron chi connectivity index (χ3n) is 2.28. The number of ether oxygens (including phenoxy) is 1. The van der Waals surface area contributed by atoms with Crippen molar-refractivity contribution in [2.24, 2.45) is 0 Å². The van der Waals surface area contributed by atoms with E-state index in [-0.39, 0.29) is 17.2 Å². The number of hydrogen-bond donors (Lipinski definition) is 2. The van der Waals surface area contributed by atoms with E-state index in [2.05, 4.69) is 5.16 Å². The predicted molar refractivity (Wildman–Crippen MR) is 61.7 cm³/mol. The van der Waals surface area contributed by atoms with Gasteiger partial charge in [0, 0.05) is 6.07 Å². The number of benzene rings is 1. The zero-order valence-electron chi connectivity index (χ0n) is 9.58. The largest absolute Gasteiger partial charge is 0.507 e. The molecule has 6 heteroatoms. The minimum absolute atomic E-state index is 0.0611. The first-order valence-corrected chi connectivity index (χ1v) is 5.28. The quantitative estimate of drug-likeness (QED) is 0.862. The summed E-state index contributed by atoms with van der Waals surface area (Å²) in [6.45, 7) is 2.22. The second-order valence-corrected chi connectivity index (χ2v) is 3.46. The second-order valence-electron chi connectivity index (χ2n) is 3.46. The summed E-state index contributed by atoms with van der Waals surface area (Å²) < 4.78 is 10.3. The minimum atomic E-state index is -1.20. The number of hydrogen-bond acceptors (Lipinski definition) is 5. The van der Waals surface area contributed by atoms with Gasteiger partial charge in [0.25, 0.3) is 0 Å². The van der Waals surface area contributed by atoms with Gasteiger partial charge in [-0.3, -0.25) is 0 Å². The van der Waals surface area contributed by atoms with Gasteiger partial charge in [-0.25, -0.2) is 4.79 Å². The van der Waals surface area contributed by atoms with Crippen molar-refractivity contribution in [1.29, 1.82) is 0 Å². The van der Waals surface area contributed by atoms with E-state index >= 15 is 0 Å². The van der Waals surface area contributed by atoms with Crippen LogP contribution in [0.25, 0.3) is 11.3 Å². The molecule has 0 radical (unpaired) electrons. The Morgan fingerprint density at radius 2 is 2.28 bits per heavy atom. The molecule has 0 aliphatic carbocycles. The number of aromatic nitrogens is 1. The first kappa shape index (κ1) is 12.0. The van der Waals surface area contributed by atoms with Gasteiger partial charge in [0.1, 0.15) is 17.1 Å². The second kappa shape index (κ2) is 4.79. The topological polar surface area (TPSA) is 92.8 Å². The number of carbonyl (C=O) groups is 1. The SMILES string of the molecule is CCOc1cccc(O)c1-c1cc(C(=O)O)no1. The maximum Gasteiger partial charge on any atom is 0.358 e. The lowest BCUT2D eigenvalue weighted by atomic mass is 10.1. The van der Waals surface area contributed by atoms with E-state index in [1.807, 2.05) is 0 Å². The molecule has 0 spiro atoms. The molecule has 1 heterocycles. The molecule has 0 unspecified atom stereocenters. The molecule has 0 aliphatic rings. The van der Waals surface area contributed by atoms with Crippen molar-refractivity contribution in [3.8, 4) is 22.8 Å². The summed E-state index contributed by atoms with van der Waals surface area (Å²) in [6, 6.07) is 5.97. The Morgan fingerprint density at radius 3 is 2.89 bits per heavy atom. The lowest BCUT2D eigenvalue weighted by molar-refractivity contribution is 0.0686. The van der Waals surface area contributed by atoms with Crippen LogP contribution in [-0.4, -0.2) is 27.9 Å². The van der Waals surface area contributed by atoms with Crippen molar-refractivity contribution < 1.29 is 24.3 Å². The average Bonchev–Trinajstić information content (AvgIpc) is 2.79. The molecule has 2 rings (SSSR count). The molecule has 0 saturated carbocycles. The molecule has 0 saturated heterocycles. The normalized spacial score (nSPS) is 10.3. The molecule has 18 heavy (non-hydrogen) atoms. The van der Waals surface area contributed by atoms with Crippen LogP contribution in [0.3, 0.4) is 0 Å². The molecule has 2 N–H and O–H groups in total. The van der Waals surface area contributed by atoms with Crippen LogP contribution >= 0.6 is 0 Å². The maximum absolute atomic E-state index is 10.7. The van der Waals surface area contributed by atoms with Gasteiger partial charge in [-0.05, 0) is 19.1 Å². The standard InChI is InChI=1S/C12H11NO5/c1-2-17-9-5-3-4-8(14)11(9)10-6-7(12(15)16)13-18-10/h3-6,14H,2H2,1H3,(H,15,16). The number of carboxylic acid groups (broad SMARTS) is 1. The first-order chi connectivity index (χ1) is 8.63. The van der Waals surface area contributed by atoms with Gasteiger partial charge in [0.05, 0.1) is 6.61 Å². The average molecular weight is 249 g/mol. The zero-order valence-corrected chi connectivity index (χ0v) is 9.58. The van der Waals surface area contributed by atoms with Gasteiger partial charge in [-0.1, -0.05) is 11.2 Å². The van der Waals surface area contributed by atoms with E-state index in [0.717, 1.165) is 0 Å². The Hall–Kier alpha value is -2.50. The van der Waals surface area contributed by atoms with Crippen LogP contribution in [0.4, 0.5) is 0 Å². The summed E-state index contributed by atoms with van der Waals surface area (Å²) >= 11 is 0. The molecule has 0 bridgehead atoms. The minimum Gasteiger partial charge on any atom is -0.507 e. The summed E-state index contributed by atoms with van der Waals surface area (Å²) in [5.41, 5.74) is 0.0649. The summed E-state index contributed by atoms with van der Waals surface area (Å²) in [7, 11) is 0. The number of phenols is 1. The van der Waals surface area contributed by atoms with Gasteiger partial charge in [0.15, 0.2) is 11.5 Å². The van der Waals surface area contributed by atoms with Gasteiger partial charge in [-0.15, -0.1) is 0 Å². The predicted octanol–water partition coefficient (Wildman–Crippen LogP) is 2.14. The maximum atomic E-state index is 10.7. The van der Waals surface area contributed by atoms with Crippen LogP contribution in [0.1, 0.15) is 17.4 Å². The highest BCUT2D eigenvalue weighted by molar-refractivity contribution is 5.87. The number of carboxylic acids is 1. The molecule has 0 amide bonds. The molecule has 1 aromatic heterocycles. The summed E-state index contributed by atoms with van der Waals surface area (Å²) in [4.78, 5) is 10.7. The van der Waals surface area contributed by atoms with E-state index in [4.69, 9.17) is 14.4 Å². The fraction of sp³-hybridized carbons (Fsp3) is 0.167. The molecule has 1 aromatic carbocycles. The highest BCUT2D eigenvalue weighted by atomic mass is 16.5. The van der Waals surface area contributed by atoms with E-state index in [9.17, 15) is 9.90 Å². The fourth-order valence-electron chi connectivity index (χ4n) is 1.54. The van der Waals surface area contributed by atoms with Crippen LogP contribution in [0.15, 0.2) is 28.8 Å². The van der Waals surface area contributed by atoms with Crippen LogP contribution in [0.5, 0.6) is 11.5 Å². The molecular weight excluding hydrogens is 238 g/mol. The third kappa shape index (κ3) is 2.13.